The first-order valence-corrected chi connectivity index (χ1v) is 13.6. The van der Waals surface area contributed by atoms with Crippen LogP contribution in [0.5, 0.6) is 0 Å². The van der Waals surface area contributed by atoms with Gasteiger partial charge in [-0.15, -0.1) is 0 Å². The molecule has 2 heterocycles. The molecular formula is C34H35FN2O2. The number of halogens is 1. The van der Waals surface area contributed by atoms with Crippen molar-refractivity contribution >= 4 is 23.3 Å². The molecule has 3 aromatic carbocycles. The highest BCUT2D eigenvalue weighted by atomic mass is 19.1. The average Bonchev–Trinajstić information content (AvgIpc) is 3.35. The molecule has 1 fully saturated rings. The molecule has 5 rings (SSSR count). The van der Waals surface area contributed by atoms with Crippen molar-refractivity contribution in [1.29, 1.82) is 0 Å². The number of hydrogen-bond acceptors (Lipinski definition) is 3. The Morgan fingerprint density at radius 3 is 2.36 bits per heavy atom. The highest BCUT2D eigenvalue weighted by Gasteiger charge is 2.43. The Kier molecular flexibility index (Phi) is 7.51. The molecule has 2 aliphatic rings. The molecule has 39 heavy (non-hydrogen) atoms. The standard InChI is InChI=1S/C34H35FN2O2/c1-33(2,3)29-16-14-26(15-17-29)27(13-12-25-8-5-4-6-9-25)23-32(38)37-20-18-34(19-21-37)24-31(36-39-34)28-10-7-11-30(35)22-28/h4-17,22-23H,18-21,24H2,1-3H3/b13-12+,27-23-. The van der Waals surface area contributed by atoms with E-state index in [9.17, 15) is 9.18 Å². The summed E-state index contributed by atoms with van der Waals surface area (Å²) < 4.78 is 13.7. The van der Waals surface area contributed by atoms with Crippen LogP contribution in [0.1, 0.15) is 62.3 Å². The van der Waals surface area contributed by atoms with Gasteiger partial charge in [0, 0.05) is 44.0 Å². The van der Waals surface area contributed by atoms with Gasteiger partial charge in [-0.1, -0.05) is 105 Å². The molecule has 1 saturated heterocycles. The van der Waals surface area contributed by atoms with Gasteiger partial charge in [0.05, 0.1) is 5.71 Å². The SMILES string of the molecule is CC(C)(C)c1ccc(C(=C\C(=O)N2CCC3(CC2)CC(c2cccc(F)c2)=NO3)/C=C/c2ccccc2)cc1. The third-order valence-corrected chi connectivity index (χ3v) is 7.60. The molecule has 1 amide bonds. The fourth-order valence-corrected chi connectivity index (χ4v) is 5.11. The molecular weight excluding hydrogens is 487 g/mol. The third-order valence-electron chi connectivity index (χ3n) is 7.60. The quantitative estimate of drug-likeness (QED) is 0.259. The van der Waals surface area contributed by atoms with Crippen LogP contribution in [0.2, 0.25) is 0 Å². The zero-order valence-corrected chi connectivity index (χ0v) is 22.9. The van der Waals surface area contributed by atoms with Gasteiger partial charge >= 0.3 is 0 Å². The number of rotatable bonds is 5. The average molecular weight is 523 g/mol. The molecule has 0 unspecified atom stereocenters. The molecule has 0 atom stereocenters. The monoisotopic (exact) mass is 522 g/mol. The molecule has 0 saturated carbocycles. The minimum Gasteiger partial charge on any atom is -0.388 e. The van der Waals surface area contributed by atoms with E-state index < -0.39 is 5.60 Å². The van der Waals surface area contributed by atoms with Gasteiger partial charge in [0.25, 0.3) is 0 Å². The van der Waals surface area contributed by atoms with Gasteiger partial charge in [-0.25, -0.2) is 4.39 Å². The Labute approximate surface area is 230 Å². The van der Waals surface area contributed by atoms with Crippen molar-refractivity contribution in [2.45, 2.75) is 51.0 Å². The summed E-state index contributed by atoms with van der Waals surface area (Å²) >= 11 is 0. The number of carbonyl (C=O) groups is 1. The van der Waals surface area contributed by atoms with Crippen LogP contribution in [0, 0.1) is 5.82 Å². The topological polar surface area (TPSA) is 41.9 Å². The van der Waals surface area contributed by atoms with E-state index in [1.165, 1.54) is 17.7 Å². The van der Waals surface area contributed by atoms with Crippen molar-refractivity contribution in [2.75, 3.05) is 13.1 Å². The van der Waals surface area contributed by atoms with Gasteiger partial charge in [-0.2, -0.15) is 0 Å². The Bertz CT molecular complexity index is 1410. The molecule has 0 N–H and O–H groups in total. The fourth-order valence-electron chi connectivity index (χ4n) is 5.11. The summed E-state index contributed by atoms with van der Waals surface area (Å²) in [6, 6.07) is 25.0. The van der Waals surface area contributed by atoms with E-state index in [0.29, 0.717) is 32.4 Å². The van der Waals surface area contributed by atoms with E-state index in [0.717, 1.165) is 28.0 Å². The largest absolute Gasteiger partial charge is 0.388 e. The normalized spacial score (nSPS) is 17.4. The summed E-state index contributed by atoms with van der Waals surface area (Å²) in [5, 5.41) is 4.28. The third kappa shape index (κ3) is 6.36. The van der Waals surface area contributed by atoms with Crippen LogP contribution < -0.4 is 0 Å². The van der Waals surface area contributed by atoms with Gasteiger partial charge < -0.3 is 9.74 Å². The summed E-state index contributed by atoms with van der Waals surface area (Å²) in [5.74, 6) is -0.296. The predicted molar refractivity (Wildman–Crippen MR) is 156 cm³/mol. The second kappa shape index (κ2) is 11.0. The minimum atomic E-state index is -0.430. The highest BCUT2D eigenvalue weighted by molar-refractivity contribution is 6.02. The van der Waals surface area contributed by atoms with Gasteiger partial charge in [-0.05, 0) is 39.8 Å². The smallest absolute Gasteiger partial charge is 0.247 e. The van der Waals surface area contributed by atoms with Crippen molar-refractivity contribution < 1.29 is 14.0 Å². The van der Waals surface area contributed by atoms with Crippen LogP contribution in [0.3, 0.4) is 0 Å². The second-order valence-corrected chi connectivity index (χ2v) is 11.5. The summed E-state index contributed by atoms with van der Waals surface area (Å²) in [6.07, 6.45) is 7.80. The minimum absolute atomic E-state index is 0.0123. The van der Waals surface area contributed by atoms with Gasteiger partial charge in [0.15, 0.2) is 0 Å². The van der Waals surface area contributed by atoms with Crippen molar-refractivity contribution in [2.24, 2.45) is 5.16 Å². The molecule has 0 aromatic heterocycles. The number of benzene rings is 3. The Morgan fingerprint density at radius 2 is 1.69 bits per heavy atom. The second-order valence-electron chi connectivity index (χ2n) is 11.5. The van der Waals surface area contributed by atoms with Gasteiger partial charge in [-0.3, -0.25) is 4.79 Å². The molecule has 1 spiro atoms. The van der Waals surface area contributed by atoms with E-state index in [1.807, 2.05) is 53.5 Å². The number of piperidine rings is 1. The van der Waals surface area contributed by atoms with Crippen LogP contribution in [-0.2, 0) is 15.0 Å². The number of hydrogen-bond donors (Lipinski definition) is 0. The molecule has 4 nitrogen and oxygen atoms in total. The van der Waals surface area contributed by atoms with E-state index in [-0.39, 0.29) is 17.1 Å². The lowest BCUT2D eigenvalue weighted by molar-refractivity contribution is -0.131. The van der Waals surface area contributed by atoms with Crippen LogP contribution in [-0.4, -0.2) is 35.2 Å². The maximum Gasteiger partial charge on any atom is 0.247 e. The number of allylic oxidation sites excluding steroid dienone is 2. The number of carbonyl (C=O) groups excluding carboxylic acids is 1. The van der Waals surface area contributed by atoms with Crippen LogP contribution in [0.15, 0.2) is 96.2 Å². The molecule has 2 aliphatic heterocycles. The zero-order valence-electron chi connectivity index (χ0n) is 22.9. The lowest BCUT2D eigenvalue weighted by Gasteiger charge is -2.36. The first-order chi connectivity index (χ1) is 18.7. The lowest BCUT2D eigenvalue weighted by Crippen LogP contribution is -2.46. The first kappa shape index (κ1) is 26.6. The van der Waals surface area contributed by atoms with Crippen LogP contribution >= 0.6 is 0 Å². The zero-order chi connectivity index (χ0) is 27.5. The van der Waals surface area contributed by atoms with Crippen LogP contribution in [0.4, 0.5) is 4.39 Å². The summed E-state index contributed by atoms with van der Waals surface area (Å²) in [7, 11) is 0. The first-order valence-electron chi connectivity index (χ1n) is 13.6. The Morgan fingerprint density at radius 1 is 0.974 bits per heavy atom. The van der Waals surface area contributed by atoms with E-state index in [2.05, 4.69) is 50.2 Å². The number of nitrogens with zero attached hydrogens (tertiary/aromatic N) is 2. The van der Waals surface area contributed by atoms with E-state index in [4.69, 9.17) is 4.84 Å². The molecule has 200 valence electrons. The van der Waals surface area contributed by atoms with Crippen molar-refractivity contribution in [3.8, 4) is 0 Å². The van der Waals surface area contributed by atoms with Gasteiger partial charge in [0.1, 0.15) is 11.4 Å². The summed E-state index contributed by atoms with van der Waals surface area (Å²) in [6.45, 7) is 7.75. The lowest BCUT2D eigenvalue weighted by atomic mass is 9.85. The maximum absolute atomic E-state index is 13.7. The maximum atomic E-state index is 13.7. The van der Waals surface area contributed by atoms with Crippen molar-refractivity contribution in [3.63, 3.8) is 0 Å². The van der Waals surface area contributed by atoms with Crippen molar-refractivity contribution in [3.05, 3.63) is 119 Å². The molecule has 0 radical (unpaired) electrons. The van der Waals surface area contributed by atoms with Crippen LogP contribution in [0.25, 0.3) is 11.6 Å². The fraction of sp³-hybridized carbons (Fsp3) is 0.294. The number of likely N-dealkylation sites (tertiary alicyclic amines) is 1. The van der Waals surface area contributed by atoms with Crippen molar-refractivity contribution in [1.82, 2.24) is 4.90 Å². The Balaban J connectivity index is 1.30. The molecule has 0 aliphatic carbocycles. The number of amides is 1. The van der Waals surface area contributed by atoms with E-state index in [1.54, 1.807) is 12.1 Å². The highest BCUT2D eigenvalue weighted by Crippen LogP contribution is 2.36. The summed E-state index contributed by atoms with van der Waals surface area (Å²) in [4.78, 5) is 21.2. The summed E-state index contributed by atoms with van der Waals surface area (Å²) in [5.41, 5.74) is 5.35. The van der Waals surface area contributed by atoms with Gasteiger partial charge in [0.2, 0.25) is 5.91 Å². The Hall–Kier alpha value is -3.99. The predicted octanol–water partition coefficient (Wildman–Crippen LogP) is 7.41. The molecule has 3 aromatic rings. The number of oxime groups is 1. The van der Waals surface area contributed by atoms with E-state index >= 15 is 0 Å². The molecule has 5 heteroatoms. The molecule has 0 bridgehead atoms.